The number of nitrogens with one attached hydrogen (secondary N) is 1. The summed E-state index contributed by atoms with van der Waals surface area (Å²) in [4.78, 5) is 13.8. The van der Waals surface area contributed by atoms with Crippen LogP contribution in [0.1, 0.15) is 25.1 Å². The minimum Gasteiger partial charge on any atom is -0.394 e. The number of aliphatic hydroxyl groups is 3. The summed E-state index contributed by atoms with van der Waals surface area (Å²) in [6.45, 7) is 2.94. The van der Waals surface area contributed by atoms with E-state index in [1.807, 2.05) is 47.3 Å². The van der Waals surface area contributed by atoms with Crippen LogP contribution in [0.3, 0.4) is 0 Å². The number of hydrogen-bond acceptors (Lipinski definition) is 9. The van der Waals surface area contributed by atoms with E-state index < -0.39 is 31.1 Å². The van der Waals surface area contributed by atoms with Gasteiger partial charge in [-0.25, -0.2) is 15.0 Å². The van der Waals surface area contributed by atoms with Crippen molar-refractivity contribution in [1.29, 1.82) is 0 Å². The van der Waals surface area contributed by atoms with Crippen molar-refractivity contribution in [2.75, 3.05) is 18.5 Å². The van der Waals surface area contributed by atoms with E-state index in [4.69, 9.17) is 4.74 Å². The van der Waals surface area contributed by atoms with Gasteiger partial charge in [-0.15, -0.1) is 0 Å². The Morgan fingerprint density at radius 2 is 1.91 bits per heavy atom. The molecule has 1 fully saturated rings. The van der Waals surface area contributed by atoms with Gasteiger partial charge in [-0.05, 0) is 18.1 Å². The maximum atomic E-state index is 10.5. The molecule has 1 saturated heterocycles. The molecule has 178 valence electrons. The van der Waals surface area contributed by atoms with Gasteiger partial charge in [0, 0.05) is 12.7 Å². The monoisotopic (exact) mass is 465 g/mol. The molecule has 4 atom stereocenters. The molecule has 1 aliphatic rings. The number of aliphatic hydroxyl groups excluding tert-OH is 3. The number of aromatic nitrogens is 6. The number of imidazole rings is 1. The third-order valence-corrected chi connectivity index (χ3v) is 5.81. The highest BCUT2D eigenvalue weighted by molar-refractivity contribution is 5.85. The van der Waals surface area contributed by atoms with Crippen molar-refractivity contribution in [3.05, 3.63) is 54.5 Å². The Hall–Kier alpha value is -3.38. The van der Waals surface area contributed by atoms with Crippen molar-refractivity contribution >= 4 is 17.0 Å². The lowest BCUT2D eigenvalue weighted by Gasteiger charge is -2.17. The summed E-state index contributed by atoms with van der Waals surface area (Å²) in [7, 11) is 0. The van der Waals surface area contributed by atoms with Crippen molar-refractivity contribution in [3.8, 4) is 11.5 Å². The second-order valence-corrected chi connectivity index (χ2v) is 8.26. The Morgan fingerprint density at radius 3 is 2.65 bits per heavy atom. The number of ether oxygens (including phenoxy) is 1. The van der Waals surface area contributed by atoms with Crippen molar-refractivity contribution in [1.82, 2.24) is 29.3 Å². The minimum atomic E-state index is -1.25. The lowest BCUT2D eigenvalue weighted by Crippen LogP contribution is -2.33. The van der Waals surface area contributed by atoms with Crippen molar-refractivity contribution in [3.63, 3.8) is 0 Å². The third-order valence-electron chi connectivity index (χ3n) is 5.81. The van der Waals surface area contributed by atoms with Crippen LogP contribution in [0.4, 0.5) is 5.82 Å². The predicted octanol–water partition coefficient (Wildman–Crippen LogP) is 1.17. The summed E-state index contributed by atoms with van der Waals surface area (Å²) in [5, 5.41) is 38.1. The number of fused-ring (bicyclic) bond motifs is 1. The molecule has 11 heteroatoms. The van der Waals surface area contributed by atoms with E-state index in [0.29, 0.717) is 41.6 Å². The molecule has 34 heavy (non-hydrogen) atoms. The molecule has 0 bridgehead atoms. The molecule has 0 amide bonds. The summed E-state index contributed by atoms with van der Waals surface area (Å²) in [6.07, 6.45) is -0.0559. The maximum absolute atomic E-state index is 10.5. The number of rotatable bonds is 8. The van der Waals surface area contributed by atoms with Crippen LogP contribution in [0.25, 0.3) is 22.7 Å². The summed E-state index contributed by atoms with van der Waals surface area (Å²) >= 11 is 0. The predicted molar refractivity (Wildman–Crippen MR) is 124 cm³/mol. The SMILES string of the molecule is CCCNc1nc(-c2ccn(Cc3ccccc3)n2)nc2c1ncn2[C@@H]1O[C@H](CO)[C@@H](O)[C@H]1O. The summed E-state index contributed by atoms with van der Waals surface area (Å²) < 4.78 is 9.07. The normalized spacial score (nSPS) is 22.5. The van der Waals surface area contributed by atoms with E-state index in [9.17, 15) is 15.3 Å². The lowest BCUT2D eigenvalue weighted by atomic mass is 10.1. The zero-order valence-corrected chi connectivity index (χ0v) is 18.7. The average Bonchev–Trinajstić information content (AvgIpc) is 3.56. The Morgan fingerprint density at radius 1 is 1.09 bits per heavy atom. The van der Waals surface area contributed by atoms with Crippen LogP contribution in [0.15, 0.2) is 48.9 Å². The molecule has 0 unspecified atom stereocenters. The van der Waals surface area contributed by atoms with Crippen LogP contribution in [-0.2, 0) is 11.3 Å². The second-order valence-electron chi connectivity index (χ2n) is 8.26. The van der Waals surface area contributed by atoms with E-state index in [2.05, 4.69) is 32.3 Å². The minimum absolute atomic E-state index is 0.395. The fourth-order valence-corrected chi connectivity index (χ4v) is 4.03. The van der Waals surface area contributed by atoms with Gasteiger partial charge >= 0.3 is 0 Å². The zero-order valence-electron chi connectivity index (χ0n) is 18.7. The molecule has 11 nitrogen and oxygen atoms in total. The maximum Gasteiger partial charge on any atom is 0.184 e. The molecule has 1 aliphatic heterocycles. The highest BCUT2D eigenvalue weighted by atomic mass is 16.6. The first-order valence-corrected chi connectivity index (χ1v) is 11.3. The van der Waals surface area contributed by atoms with E-state index in [1.54, 1.807) is 4.57 Å². The quantitative estimate of drug-likeness (QED) is 0.301. The van der Waals surface area contributed by atoms with Crippen molar-refractivity contribution in [2.45, 2.75) is 44.4 Å². The van der Waals surface area contributed by atoms with Gasteiger partial charge in [-0.1, -0.05) is 37.3 Å². The van der Waals surface area contributed by atoms with E-state index >= 15 is 0 Å². The summed E-state index contributed by atoms with van der Waals surface area (Å²) in [6, 6.07) is 11.9. The molecule has 3 aromatic heterocycles. The molecule has 4 heterocycles. The van der Waals surface area contributed by atoms with Crippen LogP contribution in [0.5, 0.6) is 0 Å². The molecule has 4 N–H and O–H groups in total. The Balaban J connectivity index is 1.53. The van der Waals surface area contributed by atoms with E-state index in [0.717, 1.165) is 12.0 Å². The molecule has 1 aromatic carbocycles. The van der Waals surface area contributed by atoms with Crippen LogP contribution in [0.2, 0.25) is 0 Å². The molecule has 0 radical (unpaired) electrons. The molecule has 4 aromatic rings. The van der Waals surface area contributed by atoms with E-state index in [1.165, 1.54) is 6.33 Å². The summed E-state index contributed by atoms with van der Waals surface area (Å²) in [5.41, 5.74) is 2.65. The van der Waals surface area contributed by atoms with Crippen LogP contribution in [0, 0.1) is 0 Å². The van der Waals surface area contributed by atoms with Gasteiger partial charge in [-0.2, -0.15) is 5.10 Å². The zero-order chi connectivity index (χ0) is 23.7. The van der Waals surface area contributed by atoms with Crippen molar-refractivity contribution < 1.29 is 20.1 Å². The smallest absolute Gasteiger partial charge is 0.184 e. The van der Waals surface area contributed by atoms with Gasteiger partial charge in [0.2, 0.25) is 0 Å². The average molecular weight is 466 g/mol. The Bertz CT molecular complexity index is 1260. The fourth-order valence-electron chi connectivity index (χ4n) is 4.03. The van der Waals surface area contributed by atoms with Gasteiger partial charge < -0.3 is 25.4 Å². The largest absolute Gasteiger partial charge is 0.394 e. The number of benzene rings is 1. The number of anilines is 1. The molecular formula is C23H27N7O4. The molecule has 5 rings (SSSR count). The van der Waals surface area contributed by atoms with Gasteiger partial charge in [0.05, 0.1) is 19.5 Å². The van der Waals surface area contributed by atoms with Crippen LogP contribution < -0.4 is 5.32 Å². The first kappa shape index (κ1) is 22.4. The highest BCUT2D eigenvalue weighted by Crippen LogP contribution is 2.33. The first-order chi connectivity index (χ1) is 16.6. The number of nitrogens with zero attached hydrogens (tertiary/aromatic N) is 6. The number of hydrogen-bond donors (Lipinski definition) is 4. The Kier molecular flexibility index (Phi) is 6.24. The molecule has 0 aliphatic carbocycles. The first-order valence-electron chi connectivity index (χ1n) is 11.3. The van der Waals surface area contributed by atoms with Crippen LogP contribution in [-0.4, -0.2) is 76.1 Å². The lowest BCUT2D eigenvalue weighted by molar-refractivity contribution is -0.0511. The molecular weight excluding hydrogens is 438 g/mol. The topological polar surface area (TPSA) is 143 Å². The van der Waals surface area contributed by atoms with Gasteiger partial charge in [0.1, 0.15) is 24.0 Å². The van der Waals surface area contributed by atoms with Gasteiger partial charge in [0.25, 0.3) is 0 Å². The Labute approximate surface area is 195 Å². The third kappa shape index (κ3) is 4.14. The second kappa shape index (κ2) is 9.47. The molecule has 0 spiro atoms. The highest BCUT2D eigenvalue weighted by Gasteiger charge is 2.44. The van der Waals surface area contributed by atoms with E-state index in [-0.39, 0.29) is 0 Å². The fraction of sp³-hybridized carbons (Fsp3) is 0.391. The van der Waals surface area contributed by atoms with Crippen molar-refractivity contribution in [2.24, 2.45) is 0 Å². The van der Waals surface area contributed by atoms with Gasteiger partial charge in [0.15, 0.2) is 29.0 Å². The summed E-state index contributed by atoms with van der Waals surface area (Å²) in [5.74, 6) is 0.941. The molecule has 0 saturated carbocycles. The van der Waals surface area contributed by atoms with Crippen LogP contribution >= 0.6 is 0 Å². The standard InChI is InChI=1S/C23H27N7O4/c1-2-9-24-21-17-22(30(13-25-17)23-19(33)18(32)16(12-31)34-23)27-20(26-21)15-8-10-29(28-15)11-14-6-4-3-5-7-14/h3-8,10,13,16,18-19,23,31-33H,2,9,11-12H2,1H3,(H,24,26,27)/t16-,18-,19-,23-/m1/s1. The van der Waals surface area contributed by atoms with Gasteiger partial charge in [-0.3, -0.25) is 9.25 Å².